The Hall–Kier alpha value is -0.170. The summed E-state index contributed by atoms with van der Waals surface area (Å²) >= 11 is 0. The molecule has 0 aromatic carbocycles. The van der Waals surface area contributed by atoms with Crippen LogP contribution in [0.4, 0.5) is 0 Å². The van der Waals surface area contributed by atoms with Gasteiger partial charge >= 0.3 is 10.3 Å². The molecular weight excluding hydrogens is 158 g/mol. The average Bonchev–Trinajstić information content (AvgIpc) is 2.12. The molecule has 5 nitrogen and oxygen atoms in total. The Morgan fingerprint density at radius 2 is 2.30 bits per heavy atom. The maximum atomic E-state index is 10.2. The maximum absolute atomic E-state index is 10.2. The lowest BCUT2D eigenvalue weighted by atomic mass is 10.3. The zero-order chi connectivity index (χ0) is 7.61. The summed E-state index contributed by atoms with van der Waals surface area (Å²) in [5.74, 6) is 0. The molecule has 0 saturated carbocycles. The van der Waals surface area contributed by atoms with E-state index < -0.39 is 10.3 Å². The summed E-state index contributed by atoms with van der Waals surface area (Å²) in [6, 6.07) is -0.255. The van der Waals surface area contributed by atoms with Crippen LogP contribution in [-0.4, -0.2) is 32.2 Å². The zero-order valence-corrected chi connectivity index (χ0v) is 6.10. The molecule has 1 atom stereocenters. The molecule has 6 heteroatoms. The predicted molar refractivity (Wildman–Crippen MR) is 33.9 cm³/mol. The van der Waals surface area contributed by atoms with Crippen molar-refractivity contribution in [1.29, 1.82) is 0 Å². The smallest absolute Gasteiger partial charge is 0.333 e. The van der Waals surface area contributed by atoms with E-state index in [2.05, 4.69) is 0 Å². The maximum Gasteiger partial charge on any atom is 0.333 e. The minimum Gasteiger partial charge on any atom is -0.380 e. The van der Waals surface area contributed by atoms with E-state index in [-0.39, 0.29) is 6.04 Å². The van der Waals surface area contributed by atoms with Gasteiger partial charge in [0.2, 0.25) is 0 Å². The van der Waals surface area contributed by atoms with Crippen LogP contribution in [-0.2, 0) is 15.0 Å². The lowest BCUT2D eigenvalue weighted by molar-refractivity contribution is 0.192. The SMILES string of the molecule is O=S(=O)(O)NC1CCOC1. The number of hydrogen-bond donors (Lipinski definition) is 2. The highest BCUT2D eigenvalue weighted by atomic mass is 32.2. The zero-order valence-electron chi connectivity index (χ0n) is 5.28. The van der Waals surface area contributed by atoms with Gasteiger partial charge < -0.3 is 4.74 Å². The van der Waals surface area contributed by atoms with Crippen molar-refractivity contribution in [1.82, 2.24) is 4.72 Å². The van der Waals surface area contributed by atoms with Gasteiger partial charge in [-0.3, -0.25) is 4.55 Å². The Bertz CT molecular complexity index is 193. The largest absolute Gasteiger partial charge is 0.380 e. The number of ether oxygens (including phenoxy) is 1. The van der Waals surface area contributed by atoms with E-state index in [0.717, 1.165) is 0 Å². The molecule has 1 saturated heterocycles. The first-order chi connectivity index (χ1) is 4.58. The fraction of sp³-hybridized carbons (Fsp3) is 1.00. The molecule has 0 amide bonds. The first-order valence-corrected chi connectivity index (χ1v) is 4.34. The van der Waals surface area contributed by atoms with Crippen molar-refractivity contribution in [2.24, 2.45) is 0 Å². The molecule has 10 heavy (non-hydrogen) atoms. The first-order valence-electron chi connectivity index (χ1n) is 2.90. The molecule has 1 heterocycles. The quantitative estimate of drug-likeness (QED) is 0.526. The normalized spacial score (nSPS) is 27.1. The highest BCUT2D eigenvalue weighted by Crippen LogP contribution is 2.03. The second-order valence-electron chi connectivity index (χ2n) is 2.15. The van der Waals surface area contributed by atoms with Crippen molar-refractivity contribution in [3.8, 4) is 0 Å². The molecule has 0 bridgehead atoms. The van der Waals surface area contributed by atoms with Crippen LogP contribution in [0.2, 0.25) is 0 Å². The monoisotopic (exact) mass is 167 g/mol. The van der Waals surface area contributed by atoms with Gasteiger partial charge in [0.25, 0.3) is 0 Å². The number of rotatable bonds is 2. The van der Waals surface area contributed by atoms with E-state index in [0.29, 0.717) is 19.6 Å². The second-order valence-corrected chi connectivity index (χ2v) is 3.34. The highest BCUT2D eigenvalue weighted by molar-refractivity contribution is 7.83. The summed E-state index contributed by atoms with van der Waals surface area (Å²) in [5.41, 5.74) is 0. The Morgan fingerprint density at radius 3 is 2.70 bits per heavy atom. The lowest BCUT2D eigenvalue weighted by Crippen LogP contribution is -2.34. The van der Waals surface area contributed by atoms with E-state index in [1.165, 1.54) is 0 Å². The minimum absolute atomic E-state index is 0.255. The van der Waals surface area contributed by atoms with Gasteiger partial charge in [-0.1, -0.05) is 0 Å². The van der Waals surface area contributed by atoms with Crippen molar-refractivity contribution >= 4 is 10.3 Å². The Kier molecular flexibility index (Phi) is 2.24. The van der Waals surface area contributed by atoms with Gasteiger partial charge in [0, 0.05) is 12.6 Å². The first kappa shape index (κ1) is 7.93. The third kappa shape index (κ3) is 2.61. The lowest BCUT2D eigenvalue weighted by Gasteiger charge is -2.04. The third-order valence-corrected chi connectivity index (χ3v) is 1.88. The van der Waals surface area contributed by atoms with Crippen LogP contribution in [0.1, 0.15) is 6.42 Å². The van der Waals surface area contributed by atoms with Gasteiger partial charge in [0.1, 0.15) is 0 Å². The minimum atomic E-state index is -4.04. The van der Waals surface area contributed by atoms with E-state index in [1.54, 1.807) is 0 Å². The highest BCUT2D eigenvalue weighted by Gasteiger charge is 2.19. The van der Waals surface area contributed by atoms with Gasteiger partial charge in [-0.25, -0.2) is 0 Å². The Morgan fingerprint density at radius 1 is 1.60 bits per heavy atom. The molecule has 1 unspecified atom stereocenters. The Balaban J connectivity index is 2.38. The molecule has 0 aromatic rings. The van der Waals surface area contributed by atoms with Crippen molar-refractivity contribution in [3.05, 3.63) is 0 Å². The summed E-state index contributed by atoms with van der Waals surface area (Å²) in [7, 11) is -4.04. The fourth-order valence-electron chi connectivity index (χ4n) is 0.838. The van der Waals surface area contributed by atoms with Crippen molar-refractivity contribution in [3.63, 3.8) is 0 Å². The molecule has 1 fully saturated rings. The summed E-state index contributed by atoms with van der Waals surface area (Å²) in [4.78, 5) is 0. The molecule has 2 N–H and O–H groups in total. The molecule has 60 valence electrons. The number of nitrogens with one attached hydrogen (secondary N) is 1. The van der Waals surface area contributed by atoms with Gasteiger partial charge in [-0.15, -0.1) is 0 Å². The standard InChI is InChI=1S/C4H9NO4S/c6-10(7,8)5-4-1-2-9-3-4/h4-5H,1-3H2,(H,6,7,8). The molecule has 0 radical (unpaired) electrons. The average molecular weight is 167 g/mol. The summed E-state index contributed by atoms with van der Waals surface area (Å²) in [5, 5.41) is 0. The molecule has 1 aliphatic rings. The van der Waals surface area contributed by atoms with E-state index in [1.807, 2.05) is 4.72 Å². The molecule has 0 spiro atoms. The van der Waals surface area contributed by atoms with Crippen LogP contribution < -0.4 is 4.72 Å². The molecule has 0 aromatic heterocycles. The molecular formula is C4H9NO4S. The van der Waals surface area contributed by atoms with Gasteiger partial charge in [0.05, 0.1) is 6.61 Å². The van der Waals surface area contributed by atoms with Crippen LogP contribution in [0, 0.1) is 0 Å². The third-order valence-electron chi connectivity index (χ3n) is 1.25. The van der Waals surface area contributed by atoms with E-state index in [4.69, 9.17) is 9.29 Å². The van der Waals surface area contributed by atoms with Crippen molar-refractivity contribution < 1.29 is 17.7 Å². The predicted octanol–water partition coefficient (Wildman–Crippen LogP) is -0.832. The topological polar surface area (TPSA) is 75.6 Å². The fourth-order valence-corrected chi connectivity index (χ4v) is 1.45. The van der Waals surface area contributed by atoms with Crippen molar-refractivity contribution in [2.45, 2.75) is 12.5 Å². The van der Waals surface area contributed by atoms with Crippen LogP contribution in [0.5, 0.6) is 0 Å². The van der Waals surface area contributed by atoms with Gasteiger partial charge in [-0.2, -0.15) is 13.1 Å². The van der Waals surface area contributed by atoms with E-state index in [9.17, 15) is 8.42 Å². The Labute approximate surface area is 59.3 Å². The van der Waals surface area contributed by atoms with E-state index >= 15 is 0 Å². The van der Waals surface area contributed by atoms with Crippen LogP contribution in [0.3, 0.4) is 0 Å². The summed E-state index contributed by atoms with van der Waals surface area (Å²) in [6.45, 7) is 0.896. The molecule has 1 aliphatic heterocycles. The van der Waals surface area contributed by atoms with Gasteiger partial charge in [-0.05, 0) is 6.42 Å². The summed E-state index contributed by atoms with van der Waals surface area (Å²) < 4.78 is 35.5. The van der Waals surface area contributed by atoms with Crippen LogP contribution >= 0.6 is 0 Å². The molecule has 1 rings (SSSR count). The second kappa shape index (κ2) is 2.83. The van der Waals surface area contributed by atoms with Crippen LogP contribution in [0.15, 0.2) is 0 Å². The summed E-state index contributed by atoms with van der Waals surface area (Å²) in [6.07, 6.45) is 0.625. The number of hydrogen-bond acceptors (Lipinski definition) is 3. The van der Waals surface area contributed by atoms with Crippen LogP contribution in [0.25, 0.3) is 0 Å². The van der Waals surface area contributed by atoms with Gasteiger partial charge in [0.15, 0.2) is 0 Å². The van der Waals surface area contributed by atoms with Crippen molar-refractivity contribution in [2.75, 3.05) is 13.2 Å². The molecule has 0 aliphatic carbocycles.